The number of nitro benzene ring substituents is 1. The molecular weight excluding hydrogens is 308 g/mol. The van der Waals surface area contributed by atoms with Crippen LogP contribution in [0.2, 0.25) is 0 Å². The molecule has 2 aliphatic rings. The summed E-state index contributed by atoms with van der Waals surface area (Å²) in [5.74, 6) is 0.403. The highest BCUT2D eigenvalue weighted by Gasteiger charge is 2.50. The number of rotatable bonds is 5. The lowest BCUT2D eigenvalue weighted by atomic mass is 9.92. The van der Waals surface area contributed by atoms with Crippen molar-refractivity contribution < 1.29 is 18.1 Å². The van der Waals surface area contributed by atoms with Crippen LogP contribution < -0.4 is 4.72 Å². The first-order valence-corrected chi connectivity index (χ1v) is 8.70. The van der Waals surface area contributed by atoms with Gasteiger partial charge >= 0.3 is 0 Å². The summed E-state index contributed by atoms with van der Waals surface area (Å²) in [6.07, 6.45) is 2.58. The fraction of sp³-hybridized carbons (Fsp3) is 0.571. The van der Waals surface area contributed by atoms with E-state index in [2.05, 4.69) is 4.72 Å². The van der Waals surface area contributed by atoms with E-state index in [4.69, 9.17) is 4.74 Å². The summed E-state index contributed by atoms with van der Waals surface area (Å²) in [5.41, 5.74) is -0.903. The standard InChI is InChI=1S/C14H18N2O5S/c1-14(7-8-21-13(14)10-5-6-10)15-22(19,20)12-4-2-3-11(9-12)16(17)18/h2-4,9-10,13,15H,5-8H2,1H3/t13-,14-/m0/s1. The fourth-order valence-electron chi connectivity index (χ4n) is 3.02. The van der Waals surface area contributed by atoms with Crippen molar-refractivity contribution in [1.82, 2.24) is 4.72 Å². The maximum atomic E-state index is 12.6. The van der Waals surface area contributed by atoms with Crippen molar-refractivity contribution in [2.75, 3.05) is 6.61 Å². The molecule has 120 valence electrons. The Balaban J connectivity index is 1.87. The highest BCUT2D eigenvalue weighted by atomic mass is 32.2. The van der Waals surface area contributed by atoms with E-state index in [1.54, 1.807) is 0 Å². The average Bonchev–Trinajstić information content (AvgIpc) is 3.22. The van der Waals surface area contributed by atoms with Gasteiger partial charge in [0.05, 0.1) is 21.5 Å². The molecule has 0 aromatic heterocycles. The normalized spacial score (nSPS) is 28.7. The summed E-state index contributed by atoms with van der Waals surface area (Å²) in [6.45, 7) is 2.37. The number of nitro groups is 1. The molecule has 0 radical (unpaired) electrons. The third-order valence-electron chi connectivity index (χ3n) is 4.30. The van der Waals surface area contributed by atoms with Crippen LogP contribution in [0.15, 0.2) is 29.2 Å². The number of hydrogen-bond donors (Lipinski definition) is 1. The monoisotopic (exact) mass is 326 g/mol. The Bertz CT molecular complexity index is 701. The zero-order valence-corrected chi connectivity index (χ0v) is 13.0. The first kappa shape index (κ1) is 15.4. The van der Waals surface area contributed by atoms with E-state index < -0.39 is 20.5 Å². The summed E-state index contributed by atoms with van der Waals surface area (Å²) in [7, 11) is -3.83. The largest absolute Gasteiger partial charge is 0.376 e. The topological polar surface area (TPSA) is 98.5 Å². The zero-order chi connectivity index (χ0) is 16.0. The maximum Gasteiger partial charge on any atom is 0.270 e. The lowest BCUT2D eigenvalue weighted by Crippen LogP contribution is -2.52. The van der Waals surface area contributed by atoms with Gasteiger partial charge in [-0.05, 0) is 38.2 Å². The highest BCUT2D eigenvalue weighted by Crippen LogP contribution is 2.43. The summed E-state index contributed by atoms with van der Waals surface area (Å²) in [6, 6.07) is 5.08. The van der Waals surface area contributed by atoms with E-state index in [9.17, 15) is 18.5 Å². The molecule has 7 nitrogen and oxygen atoms in total. The number of hydrogen-bond acceptors (Lipinski definition) is 5. The summed E-state index contributed by atoms with van der Waals surface area (Å²) < 4.78 is 33.5. The second-order valence-electron chi connectivity index (χ2n) is 6.16. The first-order valence-electron chi connectivity index (χ1n) is 7.22. The van der Waals surface area contributed by atoms with Crippen molar-refractivity contribution in [3.63, 3.8) is 0 Å². The average molecular weight is 326 g/mol. The molecule has 1 saturated carbocycles. The lowest BCUT2D eigenvalue weighted by molar-refractivity contribution is -0.385. The van der Waals surface area contributed by atoms with Gasteiger partial charge < -0.3 is 4.74 Å². The van der Waals surface area contributed by atoms with Crippen molar-refractivity contribution in [1.29, 1.82) is 0 Å². The number of sulfonamides is 1. The van der Waals surface area contributed by atoms with Crippen LogP contribution in [0.5, 0.6) is 0 Å². The quantitative estimate of drug-likeness (QED) is 0.657. The smallest absolute Gasteiger partial charge is 0.270 e. The molecule has 0 amide bonds. The number of benzene rings is 1. The van der Waals surface area contributed by atoms with Crippen LogP contribution >= 0.6 is 0 Å². The third-order valence-corrected chi connectivity index (χ3v) is 5.91. The van der Waals surface area contributed by atoms with Crippen LogP contribution in [0.4, 0.5) is 5.69 Å². The number of nitrogens with one attached hydrogen (secondary N) is 1. The van der Waals surface area contributed by atoms with E-state index in [1.807, 2.05) is 6.92 Å². The van der Waals surface area contributed by atoms with Crippen LogP contribution in [0.1, 0.15) is 26.2 Å². The fourth-order valence-corrected chi connectivity index (χ4v) is 4.50. The van der Waals surface area contributed by atoms with Crippen molar-refractivity contribution in [3.8, 4) is 0 Å². The van der Waals surface area contributed by atoms with Gasteiger partial charge in [0.25, 0.3) is 5.69 Å². The maximum absolute atomic E-state index is 12.6. The van der Waals surface area contributed by atoms with E-state index in [-0.39, 0.29) is 16.7 Å². The number of ether oxygens (including phenoxy) is 1. The Hall–Kier alpha value is -1.51. The zero-order valence-electron chi connectivity index (χ0n) is 12.2. The predicted molar refractivity (Wildman–Crippen MR) is 78.9 cm³/mol. The molecule has 1 aliphatic carbocycles. The molecule has 0 spiro atoms. The summed E-state index contributed by atoms with van der Waals surface area (Å²) >= 11 is 0. The molecule has 1 aliphatic heterocycles. The molecule has 8 heteroatoms. The SMILES string of the molecule is C[C@]1(NS(=O)(=O)c2cccc([N+](=O)[O-])c2)CCO[C@H]1C1CC1. The van der Waals surface area contributed by atoms with E-state index in [0.717, 1.165) is 18.9 Å². The molecule has 3 rings (SSSR count). The van der Waals surface area contributed by atoms with Crippen LogP contribution in [-0.2, 0) is 14.8 Å². The van der Waals surface area contributed by atoms with Crippen LogP contribution in [0, 0.1) is 16.0 Å². The van der Waals surface area contributed by atoms with Gasteiger partial charge in [-0.25, -0.2) is 13.1 Å². The number of non-ortho nitro benzene ring substituents is 1. The van der Waals surface area contributed by atoms with E-state index >= 15 is 0 Å². The molecule has 22 heavy (non-hydrogen) atoms. The van der Waals surface area contributed by atoms with Gasteiger partial charge in [0.1, 0.15) is 0 Å². The minimum Gasteiger partial charge on any atom is -0.376 e. The molecule has 1 N–H and O–H groups in total. The summed E-state index contributed by atoms with van der Waals surface area (Å²) in [4.78, 5) is 10.1. The van der Waals surface area contributed by atoms with Crippen molar-refractivity contribution in [2.45, 2.75) is 42.7 Å². The second-order valence-corrected chi connectivity index (χ2v) is 7.84. The van der Waals surface area contributed by atoms with Gasteiger partial charge in [-0.15, -0.1) is 0 Å². The Morgan fingerprint density at radius 1 is 1.41 bits per heavy atom. The second kappa shape index (κ2) is 5.29. The van der Waals surface area contributed by atoms with Crippen LogP contribution in [-0.4, -0.2) is 31.6 Å². The Morgan fingerprint density at radius 2 is 2.14 bits per heavy atom. The van der Waals surface area contributed by atoms with Crippen molar-refractivity contribution in [2.24, 2.45) is 5.92 Å². The first-order chi connectivity index (χ1) is 10.3. The molecular formula is C14H18N2O5S. The van der Waals surface area contributed by atoms with Crippen LogP contribution in [0.3, 0.4) is 0 Å². The number of nitrogens with zero attached hydrogens (tertiary/aromatic N) is 1. The predicted octanol–water partition coefficient (Wildman–Crippen LogP) is 1.83. The Kier molecular flexibility index (Phi) is 3.70. The van der Waals surface area contributed by atoms with Crippen LogP contribution in [0.25, 0.3) is 0 Å². The molecule has 0 bridgehead atoms. The molecule has 1 heterocycles. The minimum atomic E-state index is -3.83. The molecule has 0 unspecified atom stereocenters. The van der Waals surface area contributed by atoms with Crippen molar-refractivity contribution >= 4 is 15.7 Å². The van der Waals surface area contributed by atoms with Gasteiger partial charge in [-0.2, -0.15) is 0 Å². The lowest BCUT2D eigenvalue weighted by Gasteiger charge is -2.30. The van der Waals surface area contributed by atoms with Gasteiger partial charge in [0.2, 0.25) is 10.0 Å². The van der Waals surface area contributed by atoms with Gasteiger partial charge in [-0.1, -0.05) is 6.07 Å². The third kappa shape index (κ3) is 2.86. The van der Waals surface area contributed by atoms with Gasteiger partial charge in [-0.3, -0.25) is 10.1 Å². The van der Waals surface area contributed by atoms with Gasteiger partial charge in [0.15, 0.2) is 0 Å². The molecule has 2 atom stereocenters. The molecule has 1 saturated heterocycles. The summed E-state index contributed by atoms with van der Waals surface area (Å²) in [5, 5.41) is 10.8. The van der Waals surface area contributed by atoms with Gasteiger partial charge in [0, 0.05) is 18.7 Å². The van der Waals surface area contributed by atoms with E-state index in [0.29, 0.717) is 18.9 Å². The Morgan fingerprint density at radius 3 is 2.77 bits per heavy atom. The highest BCUT2D eigenvalue weighted by molar-refractivity contribution is 7.89. The molecule has 1 aromatic carbocycles. The molecule has 1 aromatic rings. The Labute approximate surface area is 128 Å². The minimum absolute atomic E-state index is 0.0932. The van der Waals surface area contributed by atoms with E-state index in [1.165, 1.54) is 18.2 Å². The molecule has 2 fully saturated rings. The van der Waals surface area contributed by atoms with Crippen molar-refractivity contribution in [3.05, 3.63) is 34.4 Å².